The predicted octanol–water partition coefficient (Wildman–Crippen LogP) is 4.67. The lowest BCUT2D eigenvalue weighted by molar-refractivity contribution is -0.241. The molecule has 4 fully saturated rings. The summed E-state index contributed by atoms with van der Waals surface area (Å²) in [5.41, 5.74) is -3.15. The Bertz CT molecular complexity index is 1260. The molecule has 0 aromatic heterocycles. The fourth-order valence-corrected chi connectivity index (χ4v) is 10.0. The first-order valence-electron chi connectivity index (χ1n) is 14.7. The van der Waals surface area contributed by atoms with E-state index in [2.05, 4.69) is 30.9 Å². The van der Waals surface area contributed by atoms with Crippen molar-refractivity contribution in [3.63, 3.8) is 0 Å². The maximum Gasteiger partial charge on any atom is 0.314 e. The van der Waals surface area contributed by atoms with E-state index >= 15 is 4.39 Å². The first kappa shape index (κ1) is 27.8. The summed E-state index contributed by atoms with van der Waals surface area (Å²) in [6.07, 6.45) is 5.43. The van der Waals surface area contributed by atoms with E-state index in [-0.39, 0.29) is 30.7 Å². The highest BCUT2D eigenvalue weighted by Crippen LogP contribution is 2.79. The molecule has 7 heteroatoms. The second-order valence-corrected chi connectivity index (χ2v) is 13.6. The van der Waals surface area contributed by atoms with Gasteiger partial charge in [-0.2, -0.15) is 0 Å². The number of rotatable bonds is 6. The van der Waals surface area contributed by atoms with Crippen LogP contribution in [0.3, 0.4) is 0 Å². The molecule has 216 valence electrons. The van der Waals surface area contributed by atoms with Gasteiger partial charge in [-0.1, -0.05) is 55.8 Å². The van der Waals surface area contributed by atoms with Gasteiger partial charge in [-0.25, -0.2) is 4.39 Å². The molecule has 1 N–H and O–H groups in total. The molecule has 0 spiro atoms. The Morgan fingerprint density at radius 3 is 2.62 bits per heavy atom. The summed E-state index contributed by atoms with van der Waals surface area (Å²) in [7, 11) is 1.58. The van der Waals surface area contributed by atoms with Crippen molar-refractivity contribution >= 4 is 11.8 Å². The number of halogens is 1. The number of likely N-dealkylation sites (tertiary alicyclic amines) is 1. The Balaban J connectivity index is 1.42. The van der Waals surface area contributed by atoms with E-state index in [1.807, 2.05) is 25.1 Å². The number of aliphatic hydroxyl groups excluding tert-OH is 1. The average Bonchev–Trinajstić information content (AvgIpc) is 3.36. The minimum Gasteiger partial charge on any atom is -0.463 e. The van der Waals surface area contributed by atoms with Gasteiger partial charge in [0.25, 0.3) is 0 Å². The quantitative estimate of drug-likeness (QED) is 0.409. The number of ketones is 1. The highest BCUT2D eigenvalue weighted by atomic mass is 19.1. The Morgan fingerprint density at radius 1 is 1.15 bits per heavy atom. The van der Waals surface area contributed by atoms with Gasteiger partial charge < -0.3 is 14.6 Å². The van der Waals surface area contributed by atoms with Crippen LogP contribution < -0.4 is 0 Å². The van der Waals surface area contributed by atoms with Crippen LogP contribution in [0.1, 0.15) is 52.0 Å². The number of fused-ring (bicyclic) bond motifs is 7. The molecule has 1 aromatic rings. The van der Waals surface area contributed by atoms with Crippen LogP contribution in [0.25, 0.3) is 0 Å². The van der Waals surface area contributed by atoms with Crippen LogP contribution in [0.15, 0.2) is 54.1 Å². The summed E-state index contributed by atoms with van der Waals surface area (Å²) >= 11 is 0. The number of carbonyl (C=O) groups is 2. The van der Waals surface area contributed by atoms with Crippen LogP contribution in [-0.2, 0) is 25.6 Å². The predicted molar refractivity (Wildman–Crippen MR) is 149 cm³/mol. The molecule has 0 amide bonds. The fraction of sp³-hybridized carbons (Fsp3) is 0.636. The standard InChI is InChI=1S/C33H42FNO5/c1-29-13-12-25(36)16-23(29)10-11-26-30(2)17-24-20-35(19-22-8-6-5-7-9-22)21-32(24,28(38)40-15-14-39-4)31(30,3)18-27(37)33(26,29)34/h5-9,12-13,16,24,26-27,37H,10-11,14-15,17-21H2,1-4H3. The second kappa shape index (κ2) is 9.33. The molecular formula is C33H42FNO5. The third-order valence-electron chi connectivity index (χ3n) is 12.1. The highest BCUT2D eigenvalue weighted by Gasteiger charge is 2.82. The lowest BCUT2D eigenvalue weighted by atomic mass is 9.39. The fourth-order valence-electron chi connectivity index (χ4n) is 10.0. The molecule has 3 saturated carbocycles. The Hall–Kier alpha value is -2.35. The number of benzene rings is 1. The average molecular weight is 552 g/mol. The summed E-state index contributed by atoms with van der Waals surface area (Å²) in [4.78, 5) is 28.8. The minimum atomic E-state index is -1.94. The Kier molecular flexibility index (Phi) is 6.49. The normalized spacial score (nSPS) is 43.9. The molecular weight excluding hydrogens is 509 g/mol. The van der Waals surface area contributed by atoms with Crippen molar-refractivity contribution < 1.29 is 28.6 Å². The van der Waals surface area contributed by atoms with Crippen LogP contribution >= 0.6 is 0 Å². The summed E-state index contributed by atoms with van der Waals surface area (Å²) < 4.78 is 28.9. The minimum absolute atomic E-state index is 0.0240. The zero-order chi connectivity index (χ0) is 28.6. The van der Waals surface area contributed by atoms with Crippen molar-refractivity contribution in [2.45, 2.75) is 64.8 Å². The topological polar surface area (TPSA) is 76.1 Å². The van der Waals surface area contributed by atoms with Crippen LogP contribution in [0, 0.1) is 33.5 Å². The monoisotopic (exact) mass is 551 g/mol. The van der Waals surface area contributed by atoms with Crippen molar-refractivity contribution in [1.82, 2.24) is 4.90 Å². The Labute approximate surface area is 236 Å². The molecule has 6 nitrogen and oxygen atoms in total. The largest absolute Gasteiger partial charge is 0.463 e. The zero-order valence-corrected chi connectivity index (χ0v) is 24.1. The second-order valence-electron chi connectivity index (χ2n) is 13.6. The molecule has 40 heavy (non-hydrogen) atoms. The number of aliphatic hydroxyl groups is 1. The molecule has 4 aliphatic carbocycles. The van der Waals surface area contributed by atoms with E-state index in [0.29, 0.717) is 32.4 Å². The van der Waals surface area contributed by atoms with Crippen molar-refractivity contribution in [3.05, 3.63) is 59.7 Å². The molecule has 1 aromatic carbocycles. The molecule has 8 unspecified atom stereocenters. The van der Waals surface area contributed by atoms with E-state index < -0.39 is 39.4 Å². The number of alkyl halides is 1. The molecule has 1 aliphatic heterocycles. The van der Waals surface area contributed by atoms with Crippen LogP contribution in [0.4, 0.5) is 4.39 Å². The van der Waals surface area contributed by atoms with Gasteiger partial charge in [0, 0.05) is 38.1 Å². The van der Waals surface area contributed by atoms with Gasteiger partial charge in [-0.15, -0.1) is 0 Å². The highest BCUT2D eigenvalue weighted by molar-refractivity contribution is 6.01. The molecule has 0 radical (unpaired) electrons. The first-order valence-corrected chi connectivity index (χ1v) is 14.7. The van der Waals surface area contributed by atoms with E-state index in [4.69, 9.17) is 9.47 Å². The van der Waals surface area contributed by atoms with E-state index in [1.54, 1.807) is 19.3 Å². The van der Waals surface area contributed by atoms with E-state index in [9.17, 15) is 14.7 Å². The van der Waals surface area contributed by atoms with Gasteiger partial charge in [0.15, 0.2) is 11.5 Å². The van der Waals surface area contributed by atoms with Gasteiger partial charge in [-0.05, 0) is 67.1 Å². The smallest absolute Gasteiger partial charge is 0.314 e. The lowest BCUT2D eigenvalue weighted by Gasteiger charge is -2.67. The van der Waals surface area contributed by atoms with Gasteiger partial charge in [0.2, 0.25) is 0 Å². The maximum atomic E-state index is 17.8. The molecule has 6 rings (SSSR count). The summed E-state index contributed by atoms with van der Waals surface area (Å²) in [5, 5.41) is 11.9. The molecule has 0 bridgehead atoms. The van der Waals surface area contributed by atoms with E-state index in [0.717, 1.165) is 18.7 Å². The lowest BCUT2D eigenvalue weighted by Crippen LogP contribution is -2.71. The first-order chi connectivity index (χ1) is 19.0. The number of nitrogens with zero attached hydrogens (tertiary/aromatic N) is 1. The Morgan fingerprint density at radius 2 is 1.90 bits per heavy atom. The van der Waals surface area contributed by atoms with Crippen molar-refractivity contribution in [3.8, 4) is 0 Å². The molecule has 1 heterocycles. The third-order valence-corrected chi connectivity index (χ3v) is 12.1. The van der Waals surface area contributed by atoms with Crippen molar-refractivity contribution in [2.75, 3.05) is 33.4 Å². The third kappa shape index (κ3) is 3.43. The number of methoxy groups -OCH3 is 1. The zero-order valence-electron chi connectivity index (χ0n) is 24.1. The van der Waals surface area contributed by atoms with E-state index in [1.165, 1.54) is 11.6 Å². The summed E-state index contributed by atoms with van der Waals surface area (Å²) in [5.74, 6) is -0.863. The molecule has 8 atom stereocenters. The van der Waals surface area contributed by atoms with Gasteiger partial charge >= 0.3 is 5.97 Å². The number of hydrogen-bond acceptors (Lipinski definition) is 6. The summed E-state index contributed by atoms with van der Waals surface area (Å²) in [6, 6.07) is 10.2. The van der Waals surface area contributed by atoms with Gasteiger partial charge in [0.1, 0.15) is 6.61 Å². The number of esters is 1. The maximum absolute atomic E-state index is 17.8. The SMILES string of the molecule is COCCOC(=O)C12CN(Cc3ccccc3)CC1CC1(C)C3CCC4=CC(=O)C=CC4(C)C3(F)C(O)CC12C. The van der Waals surface area contributed by atoms with Gasteiger partial charge in [0.05, 0.1) is 18.1 Å². The summed E-state index contributed by atoms with van der Waals surface area (Å²) in [6.45, 7) is 8.56. The van der Waals surface area contributed by atoms with Crippen molar-refractivity contribution in [1.29, 1.82) is 0 Å². The number of allylic oxidation sites excluding steroid dienone is 4. The van der Waals surface area contributed by atoms with Crippen LogP contribution in [-0.4, -0.2) is 66.9 Å². The number of ether oxygens (including phenoxy) is 2. The molecule has 5 aliphatic rings. The molecule has 1 saturated heterocycles. The van der Waals surface area contributed by atoms with Crippen LogP contribution in [0.2, 0.25) is 0 Å². The van der Waals surface area contributed by atoms with Crippen molar-refractivity contribution in [2.24, 2.45) is 33.5 Å². The number of carbonyl (C=O) groups excluding carboxylic acids is 2. The van der Waals surface area contributed by atoms with Crippen LogP contribution in [0.5, 0.6) is 0 Å². The number of hydrogen-bond donors (Lipinski definition) is 1. The van der Waals surface area contributed by atoms with Gasteiger partial charge in [-0.3, -0.25) is 14.5 Å².